The number of hydrogen-bond donors (Lipinski definition) is 2. The second-order valence-electron chi connectivity index (χ2n) is 5.32. The zero-order valence-electron chi connectivity index (χ0n) is 13.3. The van der Waals surface area contributed by atoms with Gasteiger partial charge in [-0.1, -0.05) is 23.7 Å². The van der Waals surface area contributed by atoms with Crippen molar-refractivity contribution in [3.05, 3.63) is 46.1 Å². The van der Waals surface area contributed by atoms with Crippen LogP contribution in [-0.4, -0.2) is 27.5 Å². The molecule has 3 N–H and O–H groups in total. The number of nitrogens with two attached hydrogens (primary N) is 1. The summed E-state index contributed by atoms with van der Waals surface area (Å²) >= 11 is 7.06. The van der Waals surface area contributed by atoms with E-state index in [0.717, 1.165) is 5.56 Å². The Morgan fingerprint density at radius 3 is 2.44 bits per heavy atom. The van der Waals surface area contributed by atoms with Crippen LogP contribution in [0.1, 0.15) is 16.8 Å². The van der Waals surface area contributed by atoms with Crippen molar-refractivity contribution in [2.24, 2.45) is 12.8 Å². The lowest BCUT2D eigenvalue weighted by Gasteiger charge is -2.12. The Kier molecular flexibility index (Phi) is 8.08. The first-order valence-electron chi connectivity index (χ1n) is 7.09. The molecule has 0 bridgehead atoms. The summed E-state index contributed by atoms with van der Waals surface area (Å²) in [5.74, 6) is 0.468. The molecule has 0 spiro atoms. The Morgan fingerprint density at radius 1 is 1.32 bits per heavy atom. The predicted octanol–water partition coefficient (Wildman–Crippen LogP) is 3.67. The number of rotatable bonds is 6. The van der Waals surface area contributed by atoms with E-state index in [1.165, 1.54) is 23.5 Å². The Labute approximate surface area is 158 Å². The zero-order chi connectivity index (χ0) is 17.9. The van der Waals surface area contributed by atoms with Gasteiger partial charge >= 0.3 is 6.18 Å². The molecule has 0 aliphatic carbocycles. The molecule has 0 aliphatic rings. The van der Waals surface area contributed by atoms with Crippen molar-refractivity contribution in [3.63, 3.8) is 0 Å². The van der Waals surface area contributed by atoms with Crippen molar-refractivity contribution in [1.82, 2.24) is 9.78 Å². The summed E-state index contributed by atoms with van der Waals surface area (Å²) in [4.78, 5) is 0. The van der Waals surface area contributed by atoms with E-state index in [1.54, 1.807) is 12.1 Å². The molecule has 4 nitrogen and oxygen atoms in total. The fraction of sp³-hybridized carbons (Fsp3) is 0.400. The van der Waals surface area contributed by atoms with E-state index in [9.17, 15) is 13.2 Å². The van der Waals surface area contributed by atoms with Crippen molar-refractivity contribution in [2.75, 3.05) is 6.61 Å². The molecule has 2 rings (SSSR count). The van der Waals surface area contributed by atoms with Crippen LogP contribution in [0, 0.1) is 0 Å². The van der Waals surface area contributed by atoms with Crippen molar-refractivity contribution < 1.29 is 18.3 Å². The maximum Gasteiger partial charge on any atom is 0.435 e. The van der Waals surface area contributed by atoms with Crippen LogP contribution in [0.4, 0.5) is 13.2 Å². The Bertz CT molecular complexity index is 693. The lowest BCUT2D eigenvalue weighted by molar-refractivity contribution is -0.142. The highest BCUT2D eigenvalue weighted by Gasteiger charge is 2.39. The van der Waals surface area contributed by atoms with Gasteiger partial charge in [-0.05, 0) is 24.1 Å². The van der Waals surface area contributed by atoms with Gasteiger partial charge in [0.2, 0.25) is 0 Å². The summed E-state index contributed by atoms with van der Waals surface area (Å²) in [7, 11) is 1.47. The monoisotopic (exact) mass is 415 g/mol. The summed E-state index contributed by atoms with van der Waals surface area (Å²) in [6.45, 7) is -0.395. The molecule has 1 heterocycles. The van der Waals surface area contributed by atoms with E-state index in [1.807, 2.05) is 12.1 Å². The van der Waals surface area contributed by atoms with Gasteiger partial charge in [-0.25, -0.2) is 0 Å². The molecule has 0 radical (unpaired) electrons. The zero-order valence-corrected chi connectivity index (χ0v) is 15.6. The third-order valence-corrected chi connectivity index (χ3v) is 4.86. The van der Waals surface area contributed by atoms with Gasteiger partial charge in [-0.3, -0.25) is 4.68 Å². The first-order valence-corrected chi connectivity index (χ1v) is 8.45. The second kappa shape index (κ2) is 9.14. The van der Waals surface area contributed by atoms with E-state index in [0.29, 0.717) is 15.8 Å². The summed E-state index contributed by atoms with van der Waals surface area (Å²) in [5, 5.41) is 13.7. The van der Waals surface area contributed by atoms with E-state index in [4.69, 9.17) is 22.4 Å². The van der Waals surface area contributed by atoms with Crippen molar-refractivity contribution in [1.29, 1.82) is 0 Å². The number of aromatic nitrogens is 2. The smallest absolute Gasteiger partial charge is 0.395 e. The average Bonchev–Trinajstić information content (AvgIpc) is 2.83. The molecule has 0 saturated heterocycles. The van der Waals surface area contributed by atoms with Gasteiger partial charge in [-0.15, -0.1) is 24.2 Å². The molecule has 0 fully saturated rings. The number of benzene rings is 1. The number of halogens is 5. The van der Waals surface area contributed by atoms with Crippen LogP contribution in [0.3, 0.4) is 0 Å². The standard InChI is InChI=1S/C15H17ClF3N3OS.ClH/c1-22-14(24-8-9-2-4-10(16)5-3-9)12(6-11(20)7-23)13(21-22)15(17,18)19;/h2-5,11,23H,6-8,20H2,1H3;1H. The molecule has 1 atom stereocenters. The number of thioether (sulfide) groups is 1. The van der Waals surface area contributed by atoms with Gasteiger partial charge in [0.25, 0.3) is 0 Å². The Hall–Kier alpha value is -0.930. The molecular formula is C15H18Cl2F3N3OS. The summed E-state index contributed by atoms with van der Waals surface area (Å²) in [6, 6.07) is 6.31. The minimum absolute atomic E-state index is 0. The first kappa shape index (κ1) is 22.1. The van der Waals surface area contributed by atoms with Gasteiger partial charge in [0.15, 0.2) is 5.69 Å². The number of aliphatic hydroxyl groups is 1. The highest BCUT2D eigenvalue weighted by atomic mass is 35.5. The van der Waals surface area contributed by atoms with Crippen LogP contribution >= 0.6 is 35.8 Å². The molecule has 10 heteroatoms. The van der Waals surface area contributed by atoms with E-state index in [2.05, 4.69) is 5.10 Å². The van der Waals surface area contributed by atoms with Crippen molar-refractivity contribution >= 4 is 35.8 Å². The summed E-state index contributed by atoms with van der Waals surface area (Å²) in [6.07, 6.45) is -4.66. The molecule has 25 heavy (non-hydrogen) atoms. The Balaban J connectivity index is 0.00000312. The number of aryl methyl sites for hydroxylation is 1. The largest absolute Gasteiger partial charge is 0.435 e. The van der Waals surface area contributed by atoms with Gasteiger partial charge in [0.1, 0.15) is 0 Å². The van der Waals surface area contributed by atoms with Crippen LogP contribution in [0.25, 0.3) is 0 Å². The highest BCUT2D eigenvalue weighted by Crippen LogP contribution is 2.37. The van der Waals surface area contributed by atoms with Crippen LogP contribution in [0.5, 0.6) is 0 Å². The third kappa shape index (κ3) is 5.79. The van der Waals surface area contributed by atoms with Crippen molar-refractivity contribution in [3.8, 4) is 0 Å². The number of nitrogens with zero attached hydrogens (tertiary/aromatic N) is 2. The van der Waals surface area contributed by atoms with Gasteiger partial charge < -0.3 is 10.8 Å². The molecule has 2 aromatic rings. The SMILES string of the molecule is Cl.Cn1nc(C(F)(F)F)c(CC(N)CO)c1SCc1ccc(Cl)cc1. The van der Waals surface area contributed by atoms with Gasteiger partial charge in [0.05, 0.1) is 11.6 Å². The maximum absolute atomic E-state index is 13.2. The minimum Gasteiger partial charge on any atom is -0.395 e. The average molecular weight is 416 g/mol. The molecule has 1 aromatic carbocycles. The maximum atomic E-state index is 13.2. The van der Waals surface area contributed by atoms with Crippen molar-refractivity contribution in [2.45, 2.75) is 29.4 Å². The van der Waals surface area contributed by atoms with Gasteiger partial charge in [-0.2, -0.15) is 18.3 Å². The van der Waals surface area contributed by atoms with Gasteiger partial charge in [0, 0.05) is 29.4 Å². The number of aliphatic hydroxyl groups excluding tert-OH is 1. The quantitative estimate of drug-likeness (QED) is 0.706. The lowest BCUT2D eigenvalue weighted by atomic mass is 10.1. The molecule has 0 aliphatic heterocycles. The topological polar surface area (TPSA) is 64.1 Å². The van der Waals surface area contributed by atoms with Crippen LogP contribution in [-0.2, 0) is 25.4 Å². The Morgan fingerprint density at radius 2 is 1.92 bits per heavy atom. The van der Waals surface area contributed by atoms with Crippen LogP contribution in [0.2, 0.25) is 5.02 Å². The minimum atomic E-state index is -4.57. The third-order valence-electron chi connectivity index (χ3n) is 3.35. The van der Waals surface area contributed by atoms with Crippen LogP contribution < -0.4 is 5.73 Å². The predicted molar refractivity (Wildman–Crippen MR) is 95.2 cm³/mol. The molecule has 0 saturated carbocycles. The molecule has 140 valence electrons. The second-order valence-corrected chi connectivity index (χ2v) is 6.72. The van der Waals surface area contributed by atoms with E-state index in [-0.39, 0.29) is 24.4 Å². The van der Waals surface area contributed by atoms with E-state index < -0.39 is 24.5 Å². The van der Waals surface area contributed by atoms with E-state index >= 15 is 0 Å². The summed E-state index contributed by atoms with van der Waals surface area (Å²) < 4.78 is 40.8. The first-order chi connectivity index (χ1) is 11.2. The highest BCUT2D eigenvalue weighted by molar-refractivity contribution is 7.98. The molecular weight excluding hydrogens is 398 g/mol. The fourth-order valence-electron chi connectivity index (χ4n) is 2.20. The number of hydrogen-bond acceptors (Lipinski definition) is 4. The molecule has 1 unspecified atom stereocenters. The molecule has 0 amide bonds. The normalized spacial score (nSPS) is 12.8. The molecule has 1 aromatic heterocycles. The van der Waals surface area contributed by atoms with Crippen LogP contribution in [0.15, 0.2) is 29.3 Å². The number of alkyl halides is 3. The fourth-order valence-corrected chi connectivity index (χ4v) is 3.41. The summed E-state index contributed by atoms with van der Waals surface area (Å²) in [5.41, 5.74) is 5.64. The lowest BCUT2D eigenvalue weighted by Crippen LogP contribution is -2.28.